The summed E-state index contributed by atoms with van der Waals surface area (Å²) in [7, 11) is -4.59. The number of unbranched alkanes of at least 4 members (excludes halogenated alkanes) is 23. The average molecular weight is 1020 g/mol. The van der Waals surface area contributed by atoms with Crippen molar-refractivity contribution in [2.45, 2.75) is 225 Å². The fraction of sp³-hybridized carbons (Fsp3) is 0.650. The Labute approximate surface area is 434 Å². The Morgan fingerprint density at radius 1 is 0.569 bits per heavy atom. The zero-order chi connectivity index (χ0) is 51.3. The molecule has 0 amide bonds. The summed E-state index contributed by atoms with van der Waals surface area (Å²) < 4.78 is 42.6. The van der Waals surface area contributed by atoms with E-state index < -0.39 is 32.5 Å². The van der Waals surface area contributed by atoms with Crippen LogP contribution in [0, 0.1) is 0 Å². The van der Waals surface area contributed by atoms with E-state index in [1.807, 2.05) is 47.2 Å². The number of ether oxygens (including phenoxy) is 3. The quantitative estimate of drug-likeness (QED) is 0.0191. The molecule has 0 saturated carbocycles. The molecule has 1 N–H and O–H groups in total. The van der Waals surface area contributed by atoms with Gasteiger partial charge in [-0.3, -0.25) is 23.4 Å². The first-order chi connectivity index (χ1) is 35.2. The number of esters is 3. The maximum atomic E-state index is 13.1. The Kier molecular flexibility index (Phi) is 31.7. The van der Waals surface area contributed by atoms with Crippen LogP contribution in [0.15, 0.2) is 79.0 Å². The molecule has 12 heteroatoms. The van der Waals surface area contributed by atoms with Crippen LogP contribution in [0.5, 0.6) is 0 Å². The van der Waals surface area contributed by atoms with Gasteiger partial charge in [0.15, 0.2) is 6.10 Å². The molecular weight excluding hydrogens is 926 g/mol. The summed E-state index contributed by atoms with van der Waals surface area (Å²) in [5, 5.41) is 0. The lowest BCUT2D eigenvalue weighted by atomic mass is 9.98. The Balaban J connectivity index is 1.14. The third-order valence-corrected chi connectivity index (χ3v) is 14.7. The molecule has 2 aromatic carbocycles. The van der Waals surface area contributed by atoms with Crippen LogP contribution < -0.4 is 0 Å². The summed E-state index contributed by atoms with van der Waals surface area (Å²) in [5.74, 6) is -1.19. The molecule has 0 bridgehead atoms. The fourth-order valence-electron chi connectivity index (χ4n) is 9.53. The summed E-state index contributed by atoms with van der Waals surface area (Å²) in [6, 6.07) is 20.2. The number of hydrogen-bond acceptors (Lipinski definition) is 9. The van der Waals surface area contributed by atoms with Crippen LogP contribution >= 0.6 is 7.82 Å². The van der Waals surface area contributed by atoms with Crippen LogP contribution in [-0.4, -0.2) is 59.9 Å². The molecule has 1 heterocycles. The number of aromatic nitrogens is 1. The molecule has 1 aliphatic carbocycles. The Bertz CT molecular complexity index is 1970. The van der Waals surface area contributed by atoms with E-state index in [4.69, 9.17) is 23.3 Å². The number of carbonyl (C=O) groups excluding carboxylic acids is 3. The van der Waals surface area contributed by atoms with Gasteiger partial charge in [0, 0.05) is 37.2 Å². The highest BCUT2D eigenvalue weighted by Gasteiger charge is 2.29. The lowest BCUT2D eigenvalue weighted by molar-refractivity contribution is -0.161. The number of benzene rings is 2. The number of hydrogen-bond donors (Lipinski definition) is 1. The van der Waals surface area contributed by atoms with Crippen molar-refractivity contribution >= 4 is 25.7 Å². The highest BCUT2D eigenvalue weighted by Crippen LogP contribution is 2.45. The monoisotopic (exact) mass is 1020 g/mol. The van der Waals surface area contributed by atoms with E-state index in [1.165, 1.54) is 107 Å². The number of phosphoric acid groups is 1. The number of aryl methyl sites for hydroxylation is 1. The van der Waals surface area contributed by atoms with Gasteiger partial charge in [-0.1, -0.05) is 203 Å². The molecule has 1 aromatic heterocycles. The smallest absolute Gasteiger partial charge is 0.465 e. The first-order valence-electron chi connectivity index (χ1n) is 28.3. The first-order valence-corrected chi connectivity index (χ1v) is 29.8. The first kappa shape index (κ1) is 60.5. The summed E-state index contributed by atoms with van der Waals surface area (Å²) in [6.07, 6.45) is 37.0. The van der Waals surface area contributed by atoms with Crippen molar-refractivity contribution in [2.24, 2.45) is 0 Å². The van der Waals surface area contributed by atoms with Gasteiger partial charge in [0.2, 0.25) is 0 Å². The molecule has 72 heavy (non-hydrogen) atoms. The minimum Gasteiger partial charge on any atom is -0.465 e. The van der Waals surface area contributed by atoms with E-state index in [1.54, 1.807) is 0 Å². The van der Waals surface area contributed by atoms with Gasteiger partial charge in [0.05, 0.1) is 19.6 Å². The summed E-state index contributed by atoms with van der Waals surface area (Å²) in [6.45, 7) is 4.06. The van der Waals surface area contributed by atoms with Crippen molar-refractivity contribution in [3.8, 4) is 11.1 Å². The maximum Gasteiger partial charge on any atom is 0.472 e. The summed E-state index contributed by atoms with van der Waals surface area (Å²) in [5.41, 5.74) is 5.51. The SMILES string of the molecule is CCCCCCCC/C=C/CCCCCCCC(=O)OC(COC(=O)CCCCCCCCCCCCCCC)COP(=O)(O)OCCn1cccc1CCC(=O)OCC1c2ccccc2-c2ccccc21. The third kappa shape index (κ3) is 25.8. The molecule has 0 saturated heterocycles. The van der Waals surface area contributed by atoms with Crippen molar-refractivity contribution in [3.63, 3.8) is 0 Å². The van der Waals surface area contributed by atoms with Gasteiger partial charge >= 0.3 is 25.7 Å². The third-order valence-electron chi connectivity index (χ3n) is 13.7. The fourth-order valence-corrected chi connectivity index (χ4v) is 10.3. The second kappa shape index (κ2) is 37.7. The van der Waals surface area contributed by atoms with Gasteiger partial charge in [-0.25, -0.2) is 4.57 Å². The average Bonchev–Trinajstić information content (AvgIpc) is 3.97. The molecule has 402 valence electrons. The number of fused-ring (bicyclic) bond motifs is 3. The number of phosphoric ester groups is 1. The highest BCUT2D eigenvalue weighted by molar-refractivity contribution is 7.47. The highest BCUT2D eigenvalue weighted by atomic mass is 31.2. The van der Waals surface area contributed by atoms with E-state index in [-0.39, 0.29) is 57.5 Å². The zero-order valence-electron chi connectivity index (χ0n) is 44.4. The largest absolute Gasteiger partial charge is 0.472 e. The minimum atomic E-state index is -4.59. The summed E-state index contributed by atoms with van der Waals surface area (Å²) >= 11 is 0. The second-order valence-electron chi connectivity index (χ2n) is 19.8. The van der Waals surface area contributed by atoms with Crippen LogP contribution in [0.2, 0.25) is 0 Å². The summed E-state index contributed by atoms with van der Waals surface area (Å²) in [4.78, 5) is 49.3. The normalized spacial score (nSPS) is 13.5. The molecule has 0 aliphatic heterocycles. The second-order valence-corrected chi connectivity index (χ2v) is 21.3. The van der Waals surface area contributed by atoms with Gasteiger partial charge in [-0.05, 0) is 79.3 Å². The molecule has 0 spiro atoms. The number of allylic oxidation sites excluding steroid dienone is 2. The molecule has 0 radical (unpaired) electrons. The van der Waals surface area contributed by atoms with Gasteiger partial charge < -0.3 is 23.7 Å². The standard InChI is InChI=1S/C60H92NO10P/c1-3-5-7-9-11-13-15-17-18-20-22-24-26-28-30-42-60(64)71-52(48-67-58(62)41-29-27-25-23-21-19-16-14-12-10-8-6-4-2)49-70-72(65,66)69-47-46-61-45-35-36-51(61)43-44-59(63)68-50-57-55-39-33-31-37-53(55)54-38-32-34-40-56(54)57/h17-18,31-40,45,52,57H,3-16,19-30,41-44,46-50H2,1-2H3,(H,65,66)/b18-17+. The van der Waals surface area contributed by atoms with Gasteiger partial charge in [0.1, 0.15) is 13.2 Å². The molecule has 4 rings (SSSR count). The van der Waals surface area contributed by atoms with E-state index in [2.05, 4.69) is 50.3 Å². The Morgan fingerprint density at radius 2 is 1.06 bits per heavy atom. The van der Waals surface area contributed by atoms with Crippen LogP contribution in [-0.2, 0) is 55.2 Å². The molecule has 11 nitrogen and oxygen atoms in total. The minimum absolute atomic E-state index is 0.0168. The predicted molar refractivity (Wildman–Crippen MR) is 290 cm³/mol. The molecular formula is C60H92NO10P. The lowest BCUT2D eigenvalue weighted by Gasteiger charge is -2.20. The number of rotatable bonds is 44. The van der Waals surface area contributed by atoms with E-state index in [9.17, 15) is 23.8 Å². The van der Waals surface area contributed by atoms with Crippen molar-refractivity contribution < 1.29 is 47.1 Å². The van der Waals surface area contributed by atoms with Crippen LogP contribution in [0.1, 0.15) is 223 Å². The van der Waals surface area contributed by atoms with Gasteiger partial charge in [-0.15, -0.1) is 0 Å². The van der Waals surface area contributed by atoms with Crippen molar-refractivity contribution in [1.29, 1.82) is 0 Å². The Hall–Kier alpha value is -4.02. The predicted octanol–water partition coefficient (Wildman–Crippen LogP) is 15.9. The molecule has 0 fully saturated rings. The van der Waals surface area contributed by atoms with E-state index >= 15 is 0 Å². The van der Waals surface area contributed by atoms with Crippen molar-refractivity contribution in [2.75, 3.05) is 26.4 Å². The Morgan fingerprint density at radius 3 is 1.61 bits per heavy atom. The number of nitrogens with zero attached hydrogens (tertiary/aromatic N) is 1. The zero-order valence-corrected chi connectivity index (χ0v) is 45.3. The van der Waals surface area contributed by atoms with E-state index in [0.717, 1.165) is 74.6 Å². The molecule has 2 unspecified atom stereocenters. The van der Waals surface area contributed by atoms with Crippen LogP contribution in [0.25, 0.3) is 11.1 Å². The van der Waals surface area contributed by atoms with Crippen LogP contribution in [0.4, 0.5) is 0 Å². The van der Waals surface area contributed by atoms with Gasteiger partial charge in [0.25, 0.3) is 0 Å². The van der Waals surface area contributed by atoms with Crippen molar-refractivity contribution in [3.05, 3.63) is 95.8 Å². The van der Waals surface area contributed by atoms with Crippen LogP contribution in [0.3, 0.4) is 0 Å². The van der Waals surface area contributed by atoms with E-state index in [0.29, 0.717) is 19.3 Å². The lowest BCUT2D eigenvalue weighted by Crippen LogP contribution is -2.29. The van der Waals surface area contributed by atoms with Crippen molar-refractivity contribution in [1.82, 2.24) is 4.57 Å². The van der Waals surface area contributed by atoms with Gasteiger partial charge in [-0.2, -0.15) is 0 Å². The number of carbonyl (C=O) groups is 3. The molecule has 1 aliphatic rings. The topological polar surface area (TPSA) is 140 Å². The molecule has 2 atom stereocenters. The maximum absolute atomic E-state index is 13.1. The molecule has 3 aromatic rings.